The minimum Gasteiger partial charge on any atom is -0.497 e. The lowest BCUT2D eigenvalue weighted by Crippen LogP contribution is -2.47. The summed E-state index contributed by atoms with van der Waals surface area (Å²) in [5.41, 5.74) is 2.05. The Labute approximate surface area is 164 Å². The number of esters is 1. The summed E-state index contributed by atoms with van der Waals surface area (Å²) in [7, 11) is 3.27. The van der Waals surface area contributed by atoms with Gasteiger partial charge in [-0.25, -0.2) is 9.59 Å². The van der Waals surface area contributed by atoms with Crippen molar-refractivity contribution in [2.45, 2.75) is 32.4 Å². The zero-order valence-electron chi connectivity index (χ0n) is 16.5. The molecule has 1 aromatic rings. The maximum absolute atomic E-state index is 12.3. The van der Waals surface area contributed by atoms with E-state index in [1.165, 1.54) is 0 Å². The Morgan fingerprint density at radius 2 is 2.00 bits per heavy atom. The maximum atomic E-state index is 12.3. The summed E-state index contributed by atoms with van der Waals surface area (Å²) in [6, 6.07) is 5.79. The normalized spacial score (nSPS) is 16.5. The van der Waals surface area contributed by atoms with Gasteiger partial charge in [0.05, 0.1) is 32.9 Å². The predicted octanol–water partition coefficient (Wildman–Crippen LogP) is 1.80. The topological polar surface area (TPSA) is 89.1 Å². The highest BCUT2D eigenvalue weighted by Crippen LogP contribution is 2.32. The van der Waals surface area contributed by atoms with Gasteiger partial charge in [-0.15, -0.1) is 0 Å². The van der Waals surface area contributed by atoms with Crippen LogP contribution in [0.15, 0.2) is 29.5 Å². The van der Waals surface area contributed by atoms with Crippen LogP contribution < -0.4 is 20.1 Å². The minimum absolute atomic E-state index is 0.168. The number of carbonyl (C=O) groups excluding carboxylic acids is 2. The standard InChI is InChI=1S/C20H27N3O5/c1-4-28-19(24)16-10-21-20(25)22-17(16)12-23(14-5-6-14)11-13-9-15(26-2)7-8-18(13)27-3/h7-9,14H,4-6,10-12H2,1-3H3,(H2,21,22,25). The van der Waals surface area contributed by atoms with Gasteiger partial charge in [-0.05, 0) is 38.0 Å². The Morgan fingerprint density at radius 1 is 1.21 bits per heavy atom. The number of amides is 2. The SMILES string of the molecule is CCOC(=O)C1=C(CN(Cc2cc(OC)ccc2OC)C2CC2)NC(=O)NC1. The number of hydrogen-bond donors (Lipinski definition) is 2. The summed E-state index contributed by atoms with van der Waals surface area (Å²) >= 11 is 0. The number of methoxy groups -OCH3 is 2. The van der Waals surface area contributed by atoms with Crippen molar-refractivity contribution in [3.05, 3.63) is 35.0 Å². The van der Waals surface area contributed by atoms with Crippen LogP contribution in [0.5, 0.6) is 11.5 Å². The summed E-state index contributed by atoms with van der Waals surface area (Å²) in [6.45, 7) is 3.29. The monoisotopic (exact) mass is 389 g/mol. The van der Waals surface area contributed by atoms with E-state index >= 15 is 0 Å². The van der Waals surface area contributed by atoms with Crippen LogP contribution in [0.25, 0.3) is 0 Å². The molecule has 28 heavy (non-hydrogen) atoms. The van der Waals surface area contributed by atoms with Crippen LogP contribution in [0, 0.1) is 0 Å². The van der Waals surface area contributed by atoms with Crippen molar-refractivity contribution in [3.8, 4) is 11.5 Å². The van der Waals surface area contributed by atoms with Gasteiger partial charge in [-0.2, -0.15) is 0 Å². The van der Waals surface area contributed by atoms with Gasteiger partial charge in [0.1, 0.15) is 11.5 Å². The number of carbonyl (C=O) groups is 2. The van der Waals surface area contributed by atoms with Crippen LogP contribution in [0.3, 0.4) is 0 Å². The fourth-order valence-corrected chi connectivity index (χ4v) is 3.26. The molecule has 152 valence electrons. The van der Waals surface area contributed by atoms with E-state index in [0.717, 1.165) is 29.9 Å². The van der Waals surface area contributed by atoms with Gasteiger partial charge in [0.15, 0.2) is 0 Å². The van der Waals surface area contributed by atoms with E-state index in [2.05, 4.69) is 15.5 Å². The molecule has 2 aliphatic rings. The number of nitrogens with zero attached hydrogens (tertiary/aromatic N) is 1. The second kappa shape index (κ2) is 8.97. The summed E-state index contributed by atoms with van der Waals surface area (Å²) in [4.78, 5) is 26.4. The van der Waals surface area contributed by atoms with Gasteiger partial charge in [0.25, 0.3) is 0 Å². The van der Waals surface area contributed by atoms with Crippen LogP contribution in [0.2, 0.25) is 0 Å². The Balaban J connectivity index is 1.84. The molecular weight excluding hydrogens is 362 g/mol. The largest absolute Gasteiger partial charge is 0.497 e. The molecule has 1 saturated carbocycles. The van der Waals surface area contributed by atoms with Crippen molar-refractivity contribution in [3.63, 3.8) is 0 Å². The highest BCUT2D eigenvalue weighted by atomic mass is 16.5. The van der Waals surface area contributed by atoms with Crippen LogP contribution in [-0.4, -0.2) is 56.9 Å². The number of nitrogens with one attached hydrogen (secondary N) is 2. The Morgan fingerprint density at radius 3 is 2.64 bits per heavy atom. The quantitative estimate of drug-likeness (QED) is 0.626. The highest BCUT2D eigenvalue weighted by molar-refractivity contribution is 5.93. The zero-order valence-corrected chi connectivity index (χ0v) is 16.5. The molecule has 1 fully saturated rings. The van der Waals surface area contributed by atoms with Gasteiger partial charge >= 0.3 is 12.0 Å². The number of rotatable bonds is 9. The molecule has 2 N–H and O–H groups in total. The fourth-order valence-electron chi connectivity index (χ4n) is 3.26. The van der Waals surface area contributed by atoms with Gasteiger partial charge < -0.3 is 24.8 Å². The summed E-state index contributed by atoms with van der Waals surface area (Å²) < 4.78 is 16.0. The van der Waals surface area contributed by atoms with Gasteiger partial charge in [-0.1, -0.05) is 0 Å². The number of benzene rings is 1. The first-order valence-corrected chi connectivity index (χ1v) is 9.44. The third-order valence-corrected chi connectivity index (χ3v) is 4.86. The molecule has 1 aliphatic heterocycles. The van der Waals surface area contributed by atoms with Gasteiger partial charge in [0.2, 0.25) is 0 Å². The van der Waals surface area contributed by atoms with E-state index < -0.39 is 5.97 Å². The zero-order chi connectivity index (χ0) is 20.1. The summed E-state index contributed by atoms with van der Waals surface area (Å²) in [6.07, 6.45) is 2.17. The lowest BCUT2D eigenvalue weighted by Gasteiger charge is -2.28. The Kier molecular flexibility index (Phi) is 6.41. The maximum Gasteiger partial charge on any atom is 0.337 e. The second-order valence-corrected chi connectivity index (χ2v) is 6.80. The molecule has 8 heteroatoms. The summed E-state index contributed by atoms with van der Waals surface area (Å²) in [5, 5.41) is 5.43. The molecule has 8 nitrogen and oxygen atoms in total. The summed E-state index contributed by atoms with van der Waals surface area (Å²) in [5.74, 6) is 1.13. The molecule has 3 rings (SSSR count). The molecule has 2 amide bonds. The first-order chi connectivity index (χ1) is 13.5. The molecule has 0 spiro atoms. The van der Waals surface area contributed by atoms with Gasteiger partial charge in [0, 0.05) is 30.4 Å². The van der Waals surface area contributed by atoms with Crippen molar-refractivity contribution in [2.75, 3.05) is 33.9 Å². The molecule has 0 bridgehead atoms. The van der Waals surface area contributed by atoms with E-state index in [1.54, 1.807) is 21.1 Å². The lowest BCUT2D eigenvalue weighted by molar-refractivity contribution is -0.138. The first-order valence-electron chi connectivity index (χ1n) is 9.44. The second-order valence-electron chi connectivity index (χ2n) is 6.80. The van der Waals surface area contributed by atoms with Crippen LogP contribution in [0.4, 0.5) is 4.79 Å². The molecule has 0 aromatic heterocycles. The van der Waals surface area contributed by atoms with E-state index in [1.807, 2.05) is 18.2 Å². The number of urea groups is 1. The van der Waals surface area contributed by atoms with Crippen molar-refractivity contribution in [2.24, 2.45) is 0 Å². The predicted molar refractivity (Wildman–Crippen MR) is 103 cm³/mol. The van der Waals surface area contributed by atoms with Crippen LogP contribution in [-0.2, 0) is 16.1 Å². The van der Waals surface area contributed by atoms with E-state index in [9.17, 15) is 9.59 Å². The van der Waals surface area contributed by atoms with Crippen LogP contribution in [0.1, 0.15) is 25.3 Å². The molecule has 0 unspecified atom stereocenters. The van der Waals surface area contributed by atoms with E-state index in [4.69, 9.17) is 14.2 Å². The molecule has 1 heterocycles. The van der Waals surface area contributed by atoms with E-state index in [0.29, 0.717) is 30.4 Å². The first kappa shape index (κ1) is 20.0. The average molecular weight is 389 g/mol. The smallest absolute Gasteiger partial charge is 0.337 e. The molecule has 0 radical (unpaired) electrons. The minimum atomic E-state index is -0.403. The number of hydrogen-bond acceptors (Lipinski definition) is 6. The van der Waals surface area contributed by atoms with Crippen LogP contribution >= 0.6 is 0 Å². The van der Waals surface area contributed by atoms with Crippen molar-refractivity contribution in [1.29, 1.82) is 0 Å². The molecular formula is C20H27N3O5. The van der Waals surface area contributed by atoms with Gasteiger partial charge in [-0.3, -0.25) is 4.90 Å². The van der Waals surface area contributed by atoms with Crippen molar-refractivity contribution < 1.29 is 23.8 Å². The fraction of sp³-hybridized carbons (Fsp3) is 0.500. The molecule has 1 aromatic carbocycles. The Hall–Kier alpha value is -2.74. The molecule has 0 saturated heterocycles. The van der Waals surface area contributed by atoms with Crippen molar-refractivity contribution >= 4 is 12.0 Å². The molecule has 0 atom stereocenters. The van der Waals surface area contributed by atoms with Crippen molar-refractivity contribution in [1.82, 2.24) is 15.5 Å². The lowest BCUT2D eigenvalue weighted by atomic mass is 10.1. The Bertz CT molecular complexity index is 773. The van der Waals surface area contributed by atoms with E-state index in [-0.39, 0.29) is 19.2 Å². The number of ether oxygens (including phenoxy) is 3. The third kappa shape index (κ3) is 4.75. The average Bonchev–Trinajstić information content (AvgIpc) is 3.53. The highest BCUT2D eigenvalue weighted by Gasteiger charge is 2.33. The molecule has 1 aliphatic carbocycles. The third-order valence-electron chi connectivity index (χ3n) is 4.86.